The minimum Gasteiger partial charge on any atom is -1.00 e. The number of methoxy groups -OCH3 is 2. The van der Waals surface area contributed by atoms with Crippen molar-refractivity contribution in [2.45, 2.75) is 0 Å². The molecular weight excluding hydrogens is 740 g/mol. The third-order valence-corrected chi connectivity index (χ3v) is 6.85. The topological polar surface area (TPSA) is 111 Å². The fourth-order valence-corrected chi connectivity index (χ4v) is 4.79. The van der Waals surface area contributed by atoms with Crippen molar-refractivity contribution in [3.63, 3.8) is 0 Å². The summed E-state index contributed by atoms with van der Waals surface area (Å²) in [6, 6.07) is 19.8. The number of rotatable bonds is 4. The highest BCUT2D eigenvalue weighted by Gasteiger charge is 2.21. The minimum absolute atomic E-state index is 0. The summed E-state index contributed by atoms with van der Waals surface area (Å²) in [5, 5.41) is 17.5. The molecule has 0 bridgehead atoms. The van der Waals surface area contributed by atoms with E-state index in [1.54, 1.807) is 24.3 Å². The van der Waals surface area contributed by atoms with E-state index in [9.17, 15) is 8.78 Å². The predicted octanol–water partition coefficient (Wildman–Crippen LogP) is 6.11. The van der Waals surface area contributed by atoms with Crippen molar-refractivity contribution >= 4 is 78.4 Å². The van der Waals surface area contributed by atoms with Gasteiger partial charge in [0.15, 0.2) is 0 Å². The monoisotopic (exact) mass is 764 g/mol. The van der Waals surface area contributed by atoms with Gasteiger partial charge in [-0.05, 0) is 83.3 Å². The second-order valence-corrected chi connectivity index (χ2v) is 10.4. The number of halogens is 5. The summed E-state index contributed by atoms with van der Waals surface area (Å²) < 4.78 is 39.7. The lowest BCUT2D eigenvalue weighted by Gasteiger charge is -2.12. The molecular formula is C26H25BBr2F2IN2O4-. The standard InChI is InChI=1S/C13H11BrFNO.C7H8BFO3.C6H5BrIN.H/c1-17-12-4-2-3-10(15)13(12)9-7-8(14)5-6-11(9)16;1-12-6-4-2-3-5(9)7(6)8(10)11;7-4-1-2-6(9)5(8)3-4;/h2-7H,16H2,1H3;2-4,10-11H,1H3;1-3H,9H2;/q;;;-1/i;;;1+1. The molecule has 0 unspecified atom stereocenters. The van der Waals surface area contributed by atoms with Crippen LogP contribution in [0.1, 0.15) is 1.43 Å². The molecule has 0 amide bonds. The molecule has 12 heteroatoms. The van der Waals surface area contributed by atoms with Crippen LogP contribution < -0.4 is 26.4 Å². The van der Waals surface area contributed by atoms with Crippen LogP contribution in [0.15, 0.2) is 81.7 Å². The Balaban J connectivity index is 0.000000305. The molecule has 4 aromatic carbocycles. The Bertz CT molecular complexity index is 1390. The first-order valence-corrected chi connectivity index (χ1v) is 13.4. The molecule has 0 heterocycles. The molecule has 4 rings (SSSR count). The first-order chi connectivity index (χ1) is 18.0. The van der Waals surface area contributed by atoms with Gasteiger partial charge in [-0.25, -0.2) is 8.78 Å². The molecule has 4 aromatic rings. The largest absolute Gasteiger partial charge is 1.00 e. The van der Waals surface area contributed by atoms with E-state index in [-0.39, 0.29) is 18.5 Å². The van der Waals surface area contributed by atoms with Crippen molar-refractivity contribution in [3.05, 3.63) is 96.9 Å². The Morgan fingerprint density at radius 1 is 0.789 bits per heavy atom. The zero-order valence-corrected chi connectivity index (χ0v) is 25.6. The van der Waals surface area contributed by atoms with Crippen molar-refractivity contribution in [1.82, 2.24) is 0 Å². The van der Waals surface area contributed by atoms with Gasteiger partial charge in [-0.15, -0.1) is 0 Å². The van der Waals surface area contributed by atoms with Gasteiger partial charge in [-0.2, -0.15) is 0 Å². The Morgan fingerprint density at radius 3 is 1.82 bits per heavy atom. The van der Waals surface area contributed by atoms with Crippen molar-refractivity contribution in [2.24, 2.45) is 0 Å². The highest BCUT2D eigenvalue weighted by atomic mass is 127. The van der Waals surface area contributed by atoms with Crippen LogP contribution in [0.25, 0.3) is 11.1 Å². The third kappa shape index (κ3) is 8.84. The summed E-state index contributed by atoms with van der Waals surface area (Å²) in [7, 11) is 0.994. The number of ether oxygens (including phenoxy) is 2. The number of benzene rings is 4. The fourth-order valence-electron chi connectivity index (χ4n) is 3.13. The summed E-state index contributed by atoms with van der Waals surface area (Å²) in [5.74, 6) is -0.446. The number of anilines is 2. The molecule has 0 saturated carbocycles. The molecule has 202 valence electrons. The van der Waals surface area contributed by atoms with E-state index >= 15 is 0 Å². The predicted molar refractivity (Wildman–Crippen MR) is 166 cm³/mol. The Kier molecular flexibility index (Phi) is 12.8. The molecule has 0 aliphatic carbocycles. The van der Waals surface area contributed by atoms with Gasteiger partial charge < -0.3 is 32.4 Å². The zero-order chi connectivity index (χ0) is 28.4. The van der Waals surface area contributed by atoms with Gasteiger partial charge >= 0.3 is 7.12 Å². The Labute approximate surface area is 252 Å². The maximum absolute atomic E-state index is 13.9. The number of nitrogens with two attached hydrogens (primary N) is 2. The van der Waals surface area contributed by atoms with Crippen LogP contribution in [0.5, 0.6) is 11.5 Å². The Morgan fingerprint density at radius 2 is 1.32 bits per heavy atom. The molecule has 0 fully saturated rings. The highest BCUT2D eigenvalue weighted by Crippen LogP contribution is 2.37. The summed E-state index contributed by atoms with van der Waals surface area (Å²) >= 11 is 8.88. The normalized spacial score (nSPS) is 9.92. The molecule has 0 radical (unpaired) electrons. The summed E-state index contributed by atoms with van der Waals surface area (Å²) in [5.41, 5.74) is 13.5. The fraction of sp³-hybridized carbons (Fsp3) is 0.0769. The number of nitrogen functional groups attached to an aromatic ring is 2. The minimum atomic E-state index is -1.85. The third-order valence-electron chi connectivity index (χ3n) is 4.93. The highest BCUT2D eigenvalue weighted by molar-refractivity contribution is 14.1. The average Bonchev–Trinajstić information content (AvgIpc) is 2.88. The maximum atomic E-state index is 13.9. The number of hydrogen-bond donors (Lipinski definition) is 4. The van der Waals surface area contributed by atoms with E-state index in [1.807, 2.05) is 24.3 Å². The molecule has 0 spiro atoms. The first kappa shape index (κ1) is 31.8. The van der Waals surface area contributed by atoms with Crippen LogP contribution in [0.2, 0.25) is 0 Å². The smallest absolute Gasteiger partial charge is 0.495 e. The average molecular weight is 766 g/mol. The van der Waals surface area contributed by atoms with Crippen molar-refractivity contribution in [3.8, 4) is 22.6 Å². The van der Waals surface area contributed by atoms with Crippen LogP contribution in [-0.4, -0.2) is 31.4 Å². The Hall–Kier alpha value is -2.39. The summed E-state index contributed by atoms with van der Waals surface area (Å²) in [6.07, 6.45) is 0. The molecule has 0 aliphatic rings. The second kappa shape index (κ2) is 15.3. The van der Waals surface area contributed by atoms with Gasteiger partial charge in [-0.3, -0.25) is 0 Å². The molecule has 0 aliphatic heterocycles. The second-order valence-electron chi connectivity index (χ2n) is 7.44. The maximum Gasteiger partial charge on any atom is 0.495 e. The van der Waals surface area contributed by atoms with E-state index in [0.717, 1.165) is 24.3 Å². The van der Waals surface area contributed by atoms with E-state index < -0.39 is 12.9 Å². The molecule has 38 heavy (non-hydrogen) atoms. The summed E-state index contributed by atoms with van der Waals surface area (Å²) in [4.78, 5) is 0. The zero-order valence-electron chi connectivity index (χ0n) is 21.3. The molecule has 0 saturated heterocycles. The molecule has 0 aromatic heterocycles. The molecule has 6 N–H and O–H groups in total. The van der Waals surface area contributed by atoms with Crippen molar-refractivity contribution in [2.75, 3.05) is 25.7 Å². The van der Waals surface area contributed by atoms with Gasteiger partial charge in [0.05, 0.1) is 25.2 Å². The number of hydrogen-bond acceptors (Lipinski definition) is 6. The lowest BCUT2D eigenvalue weighted by atomic mass is 9.79. The van der Waals surface area contributed by atoms with E-state index in [2.05, 4.69) is 54.5 Å². The van der Waals surface area contributed by atoms with Gasteiger partial charge in [0.2, 0.25) is 0 Å². The van der Waals surface area contributed by atoms with Gasteiger partial charge in [0.1, 0.15) is 23.1 Å². The van der Waals surface area contributed by atoms with E-state index in [4.69, 9.17) is 31.0 Å². The van der Waals surface area contributed by atoms with Gasteiger partial charge in [-0.1, -0.05) is 44.0 Å². The lowest BCUT2D eigenvalue weighted by molar-refractivity contribution is 0.399. The molecule has 0 atom stereocenters. The van der Waals surface area contributed by atoms with Crippen LogP contribution in [0.4, 0.5) is 20.2 Å². The van der Waals surface area contributed by atoms with E-state index in [1.165, 1.54) is 32.4 Å². The van der Waals surface area contributed by atoms with Gasteiger partial charge in [0.25, 0.3) is 0 Å². The van der Waals surface area contributed by atoms with Crippen LogP contribution in [-0.2, 0) is 0 Å². The quantitative estimate of drug-likeness (QED) is 0.114. The van der Waals surface area contributed by atoms with Crippen LogP contribution in [0, 0.1) is 15.2 Å². The van der Waals surface area contributed by atoms with Crippen molar-refractivity contribution < 1.29 is 29.7 Å². The van der Waals surface area contributed by atoms with E-state index in [0.29, 0.717) is 22.6 Å². The van der Waals surface area contributed by atoms with Crippen molar-refractivity contribution in [1.29, 1.82) is 0 Å². The van der Waals surface area contributed by atoms with Gasteiger partial charge in [0, 0.05) is 29.5 Å². The lowest BCUT2D eigenvalue weighted by Crippen LogP contribution is -2.33. The van der Waals surface area contributed by atoms with Crippen LogP contribution in [0.3, 0.4) is 0 Å². The SMILES string of the molecule is COc1cccc(F)c1-c1cc(Br)ccc1N.COc1cccc(F)c1B(O)O.Nc1ccc(Br)cc1I.[2H-]. The summed E-state index contributed by atoms with van der Waals surface area (Å²) in [6.45, 7) is 0. The first-order valence-electron chi connectivity index (χ1n) is 10.8. The van der Waals surface area contributed by atoms with Crippen LogP contribution >= 0.6 is 54.5 Å². The molecule has 6 nitrogen and oxygen atoms in total.